The molecule has 2 atom stereocenters. The fourth-order valence-electron chi connectivity index (χ4n) is 2.20. The molecule has 1 nitrogen and oxygen atoms in total. The maximum Gasteiger partial charge on any atom is 0.0322 e. The van der Waals surface area contributed by atoms with Gasteiger partial charge in [0.25, 0.3) is 0 Å². The van der Waals surface area contributed by atoms with Gasteiger partial charge >= 0.3 is 0 Å². The molecule has 0 aliphatic carbocycles. The zero-order valence-corrected chi connectivity index (χ0v) is 10.3. The van der Waals surface area contributed by atoms with Crippen LogP contribution < -0.4 is 5.32 Å². The average Bonchev–Trinajstić information content (AvgIpc) is 2.29. The molecule has 1 aromatic carbocycles. The maximum atomic E-state index is 3.60. The molecule has 2 heteroatoms. The summed E-state index contributed by atoms with van der Waals surface area (Å²) in [5.41, 5.74) is 1.44. The zero-order chi connectivity index (χ0) is 10.7. The second-order valence-electron chi connectivity index (χ2n) is 4.41. The van der Waals surface area contributed by atoms with Gasteiger partial charge in [0.1, 0.15) is 0 Å². The van der Waals surface area contributed by atoms with E-state index in [0.717, 1.165) is 12.5 Å². The van der Waals surface area contributed by atoms with Crippen LogP contribution in [0.3, 0.4) is 0 Å². The summed E-state index contributed by atoms with van der Waals surface area (Å²) in [5, 5.41) is 3.60. The molecule has 1 aliphatic heterocycles. The number of piperidine rings is 1. The van der Waals surface area contributed by atoms with E-state index in [2.05, 4.69) is 42.8 Å². The Labute approximate surface area is 96.7 Å². The van der Waals surface area contributed by atoms with E-state index in [9.17, 15) is 0 Å². The molecule has 1 N–H and O–H groups in total. The molecule has 1 aliphatic rings. The van der Waals surface area contributed by atoms with Gasteiger partial charge in [0.15, 0.2) is 0 Å². The van der Waals surface area contributed by atoms with Gasteiger partial charge in [0.2, 0.25) is 0 Å². The summed E-state index contributed by atoms with van der Waals surface area (Å²) >= 11 is 1.80. The molecular formula is C13H19NS. The highest BCUT2D eigenvalue weighted by atomic mass is 32.2. The molecule has 0 radical (unpaired) electrons. The lowest BCUT2D eigenvalue weighted by Gasteiger charge is -2.28. The minimum absolute atomic E-state index is 0.574. The molecule has 0 bridgehead atoms. The van der Waals surface area contributed by atoms with E-state index < -0.39 is 0 Å². The zero-order valence-electron chi connectivity index (χ0n) is 9.49. The molecule has 0 spiro atoms. The van der Waals surface area contributed by atoms with E-state index >= 15 is 0 Å². The highest BCUT2D eigenvalue weighted by Gasteiger charge is 2.19. The van der Waals surface area contributed by atoms with Gasteiger partial charge in [-0.15, -0.1) is 11.8 Å². The summed E-state index contributed by atoms with van der Waals surface area (Å²) in [5.74, 6) is 0.858. The van der Waals surface area contributed by atoms with E-state index in [4.69, 9.17) is 0 Å². The van der Waals surface area contributed by atoms with Gasteiger partial charge in [-0.25, -0.2) is 0 Å². The summed E-state index contributed by atoms with van der Waals surface area (Å²) in [6.07, 6.45) is 4.72. The lowest BCUT2D eigenvalue weighted by Crippen LogP contribution is -2.30. The molecule has 1 aromatic rings. The molecule has 15 heavy (non-hydrogen) atoms. The first-order valence-electron chi connectivity index (χ1n) is 5.67. The van der Waals surface area contributed by atoms with E-state index in [1.807, 2.05) is 0 Å². The Balaban J connectivity index is 2.07. The van der Waals surface area contributed by atoms with E-state index in [0.29, 0.717) is 6.04 Å². The number of benzene rings is 1. The summed E-state index contributed by atoms with van der Waals surface area (Å²) in [6.45, 7) is 3.51. The summed E-state index contributed by atoms with van der Waals surface area (Å²) in [7, 11) is 0. The van der Waals surface area contributed by atoms with Gasteiger partial charge in [0.05, 0.1) is 0 Å². The van der Waals surface area contributed by atoms with Crippen molar-refractivity contribution in [3.05, 3.63) is 29.8 Å². The van der Waals surface area contributed by atoms with Gasteiger partial charge in [-0.3, -0.25) is 0 Å². The molecule has 2 rings (SSSR count). The smallest absolute Gasteiger partial charge is 0.0322 e. The lowest BCUT2D eigenvalue weighted by atomic mass is 9.90. The van der Waals surface area contributed by atoms with Crippen molar-refractivity contribution in [2.24, 2.45) is 5.92 Å². The molecule has 0 amide bonds. The number of hydrogen-bond acceptors (Lipinski definition) is 2. The van der Waals surface area contributed by atoms with Gasteiger partial charge in [-0.2, -0.15) is 0 Å². The van der Waals surface area contributed by atoms with Crippen molar-refractivity contribution in [1.82, 2.24) is 5.32 Å². The predicted molar refractivity (Wildman–Crippen MR) is 67.4 cm³/mol. The van der Waals surface area contributed by atoms with Crippen LogP contribution >= 0.6 is 11.8 Å². The first-order valence-corrected chi connectivity index (χ1v) is 6.89. The SMILES string of the molecule is CSc1ccc([C@@H]2C[C@H](C)CCN2)cc1. The largest absolute Gasteiger partial charge is 0.310 e. The van der Waals surface area contributed by atoms with E-state index in [1.165, 1.54) is 23.3 Å². The first kappa shape index (κ1) is 11.0. The normalized spacial score (nSPS) is 26.5. The van der Waals surface area contributed by atoms with Crippen molar-refractivity contribution in [1.29, 1.82) is 0 Å². The summed E-state index contributed by atoms with van der Waals surface area (Å²) in [6, 6.07) is 9.55. The predicted octanol–water partition coefficient (Wildman–Crippen LogP) is 3.47. The van der Waals surface area contributed by atoms with Crippen LogP contribution in [0.1, 0.15) is 31.4 Å². The van der Waals surface area contributed by atoms with Crippen molar-refractivity contribution < 1.29 is 0 Å². The molecule has 1 fully saturated rings. The Morgan fingerprint density at radius 1 is 1.27 bits per heavy atom. The van der Waals surface area contributed by atoms with Gasteiger partial charge in [0, 0.05) is 10.9 Å². The van der Waals surface area contributed by atoms with Crippen molar-refractivity contribution in [2.45, 2.75) is 30.7 Å². The van der Waals surface area contributed by atoms with Crippen LogP contribution in [0.4, 0.5) is 0 Å². The third kappa shape index (κ3) is 2.76. The minimum Gasteiger partial charge on any atom is -0.310 e. The number of thioether (sulfide) groups is 1. The molecule has 0 saturated carbocycles. The third-order valence-electron chi connectivity index (χ3n) is 3.18. The first-order chi connectivity index (χ1) is 7.29. The maximum absolute atomic E-state index is 3.60. The van der Waals surface area contributed by atoms with Crippen LogP contribution in [0.5, 0.6) is 0 Å². The molecule has 1 saturated heterocycles. The second-order valence-corrected chi connectivity index (χ2v) is 5.29. The molecule has 0 unspecified atom stereocenters. The minimum atomic E-state index is 0.574. The number of hydrogen-bond donors (Lipinski definition) is 1. The fraction of sp³-hybridized carbons (Fsp3) is 0.538. The summed E-state index contributed by atoms with van der Waals surface area (Å²) < 4.78 is 0. The van der Waals surface area contributed by atoms with Gasteiger partial charge < -0.3 is 5.32 Å². The Hall–Kier alpha value is -0.470. The molecule has 82 valence electrons. The third-order valence-corrected chi connectivity index (χ3v) is 3.93. The number of rotatable bonds is 2. The van der Waals surface area contributed by atoms with Gasteiger partial charge in [-0.05, 0) is 49.3 Å². The quantitative estimate of drug-likeness (QED) is 0.767. The standard InChI is InChI=1S/C13H19NS/c1-10-7-8-14-13(9-10)11-3-5-12(15-2)6-4-11/h3-6,10,13-14H,7-9H2,1-2H3/t10-,13+/m1/s1. The van der Waals surface area contributed by atoms with Crippen LogP contribution in [-0.2, 0) is 0 Å². The van der Waals surface area contributed by atoms with Crippen LogP contribution in [0, 0.1) is 5.92 Å². The van der Waals surface area contributed by atoms with Gasteiger partial charge in [-0.1, -0.05) is 19.1 Å². The topological polar surface area (TPSA) is 12.0 Å². The van der Waals surface area contributed by atoms with Crippen LogP contribution in [0.15, 0.2) is 29.2 Å². The molecule has 1 heterocycles. The Kier molecular flexibility index (Phi) is 3.71. The van der Waals surface area contributed by atoms with Crippen molar-refractivity contribution in [3.63, 3.8) is 0 Å². The Morgan fingerprint density at radius 2 is 2.00 bits per heavy atom. The van der Waals surface area contributed by atoms with Crippen LogP contribution in [0.2, 0.25) is 0 Å². The van der Waals surface area contributed by atoms with E-state index in [1.54, 1.807) is 11.8 Å². The second kappa shape index (κ2) is 5.04. The molecule has 0 aromatic heterocycles. The lowest BCUT2D eigenvalue weighted by molar-refractivity contribution is 0.325. The Bertz CT molecular complexity index is 307. The van der Waals surface area contributed by atoms with E-state index in [-0.39, 0.29) is 0 Å². The summed E-state index contributed by atoms with van der Waals surface area (Å²) in [4.78, 5) is 1.35. The van der Waals surface area contributed by atoms with Crippen molar-refractivity contribution >= 4 is 11.8 Å². The Morgan fingerprint density at radius 3 is 2.60 bits per heavy atom. The highest BCUT2D eigenvalue weighted by molar-refractivity contribution is 7.98. The average molecular weight is 221 g/mol. The fourth-order valence-corrected chi connectivity index (χ4v) is 2.61. The molecular weight excluding hydrogens is 202 g/mol. The number of nitrogens with one attached hydrogen (secondary N) is 1. The highest BCUT2D eigenvalue weighted by Crippen LogP contribution is 2.27. The van der Waals surface area contributed by atoms with Crippen LogP contribution in [0.25, 0.3) is 0 Å². The monoisotopic (exact) mass is 221 g/mol. The van der Waals surface area contributed by atoms with Crippen molar-refractivity contribution in [3.8, 4) is 0 Å². The van der Waals surface area contributed by atoms with Crippen molar-refractivity contribution in [2.75, 3.05) is 12.8 Å². The van der Waals surface area contributed by atoms with Crippen LogP contribution in [-0.4, -0.2) is 12.8 Å².